The van der Waals surface area contributed by atoms with Gasteiger partial charge in [-0.2, -0.15) is 0 Å². The van der Waals surface area contributed by atoms with E-state index in [4.69, 9.17) is 23.2 Å². The SMILES string of the molecule is CS(=O)CC(Cl)CCl. The van der Waals surface area contributed by atoms with Crippen molar-refractivity contribution in [1.29, 1.82) is 0 Å². The molecule has 2 unspecified atom stereocenters. The van der Waals surface area contributed by atoms with Crippen molar-refractivity contribution in [2.45, 2.75) is 5.38 Å². The summed E-state index contributed by atoms with van der Waals surface area (Å²) in [6, 6.07) is 0. The van der Waals surface area contributed by atoms with Gasteiger partial charge in [0.1, 0.15) is 0 Å². The molecule has 0 aromatic carbocycles. The highest BCUT2D eigenvalue weighted by molar-refractivity contribution is 7.84. The average Bonchev–Trinajstić information content (AvgIpc) is 1.65. The molecule has 0 saturated heterocycles. The normalized spacial score (nSPS) is 17.9. The molecule has 0 radical (unpaired) electrons. The zero-order valence-electron chi connectivity index (χ0n) is 4.56. The Morgan fingerprint density at radius 1 is 1.75 bits per heavy atom. The fraction of sp³-hybridized carbons (Fsp3) is 1.00. The van der Waals surface area contributed by atoms with E-state index in [1.807, 2.05) is 0 Å². The molecule has 0 spiro atoms. The van der Waals surface area contributed by atoms with Crippen LogP contribution in [0.1, 0.15) is 0 Å². The number of halogens is 2. The van der Waals surface area contributed by atoms with Crippen LogP contribution in [0.25, 0.3) is 0 Å². The zero-order valence-corrected chi connectivity index (χ0v) is 6.89. The number of hydrogen-bond donors (Lipinski definition) is 0. The van der Waals surface area contributed by atoms with Crippen LogP contribution < -0.4 is 0 Å². The van der Waals surface area contributed by atoms with E-state index in [9.17, 15) is 4.21 Å². The van der Waals surface area contributed by atoms with Gasteiger partial charge in [-0.25, -0.2) is 0 Å². The van der Waals surface area contributed by atoms with Crippen molar-refractivity contribution in [3.05, 3.63) is 0 Å². The van der Waals surface area contributed by atoms with Crippen molar-refractivity contribution in [3.8, 4) is 0 Å². The quantitative estimate of drug-likeness (QED) is 0.589. The van der Waals surface area contributed by atoms with E-state index in [1.54, 1.807) is 6.26 Å². The molecule has 0 aliphatic heterocycles. The average molecular weight is 175 g/mol. The molecular weight excluding hydrogens is 167 g/mol. The second-order valence-electron chi connectivity index (χ2n) is 1.49. The lowest BCUT2D eigenvalue weighted by Gasteiger charge is -1.98. The van der Waals surface area contributed by atoms with Crippen molar-refractivity contribution < 1.29 is 4.21 Å². The summed E-state index contributed by atoms with van der Waals surface area (Å²) in [6.45, 7) is 0. The third kappa shape index (κ3) is 4.88. The van der Waals surface area contributed by atoms with Gasteiger partial charge in [-0.05, 0) is 0 Å². The van der Waals surface area contributed by atoms with Crippen molar-refractivity contribution in [3.63, 3.8) is 0 Å². The zero-order chi connectivity index (χ0) is 6.57. The molecule has 0 bridgehead atoms. The molecule has 8 heavy (non-hydrogen) atoms. The largest absolute Gasteiger partial charge is 0.260 e. The fourth-order valence-electron chi connectivity index (χ4n) is 0.299. The third-order valence-electron chi connectivity index (χ3n) is 0.583. The van der Waals surface area contributed by atoms with Crippen LogP contribution in [0.3, 0.4) is 0 Å². The number of rotatable bonds is 3. The molecule has 50 valence electrons. The van der Waals surface area contributed by atoms with Gasteiger partial charge in [-0.1, -0.05) is 0 Å². The van der Waals surface area contributed by atoms with Gasteiger partial charge in [-0.3, -0.25) is 4.21 Å². The molecule has 0 saturated carbocycles. The highest BCUT2D eigenvalue weighted by Gasteiger charge is 2.02. The second kappa shape index (κ2) is 4.59. The molecule has 0 fully saturated rings. The van der Waals surface area contributed by atoms with Crippen molar-refractivity contribution in [2.24, 2.45) is 0 Å². The molecule has 0 amide bonds. The molecule has 0 heterocycles. The first-order valence-electron chi connectivity index (χ1n) is 2.17. The Kier molecular flexibility index (Phi) is 5.01. The maximum Gasteiger partial charge on any atom is 0.0586 e. The first-order chi connectivity index (χ1) is 3.66. The van der Waals surface area contributed by atoms with Crippen LogP contribution in [-0.4, -0.2) is 27.5 Å². The molecule has 1 nitrogen and oxygen atoms in total. The summed E-state index contributed by atoms with van der Waals surface area (Å²) < 4.78 is 10.4. The molecule has 0 rings (SSSR count). The van der Waals surface area contributed by atoms with Gasteiger partial charge < -0.3 is 0 Å². The minimum atomic E-state index is -0.812. The summed E-state index contributed by atoms with van der Waals surface area (Å²) >= 11 is 10.9. The molecule has 0 aliphatic carbocycles. The van der Waals surface area contributed by atoms with Crippen molar-refractivity contribution >= 4 is 34.0 Å². The third-order valence-corrected chi connectivity index (χ3v) is 2.48. The summed E-state index contributed by atoms with van der Waals surface area (Å²) in [6.07, 6.45) is 1.61. The molecule has 0 aromatic heterocycles. The first kappa shape index (κ1) is 8.73. The Labute approximate surface area is 61.8 Å². The maximum absolute atomic E-state index is 10.4. The van der Waals surface area contributed by atoms with Gasteiger partial charge in [0.15, 0.2) is 0 Å². The molecular formula is C4H8Cl2OS. The van der Waals surface area contributed by atoms with Gasteiger partial charge >= 0.3 is 0 Å². The molecule has 0 N–H and O–H groups in total. The van der Waals surface area contributed by atoms with Gasteiger partial charge in [-0.15, -0.1) is 23.2 Å². The summed E-state index contributed by atoms with van der Waals surface area (Å²) in [5, 5.41) is -0.137. The van der Waals surface area contributed by atoms with E-state index in [1.165, 1.54) is 0 Å². The Morgan fingerprint density at radius 2 is 2.25 bits per heavy atom. The predicted molar refractivity (Wildman–Crippen MR) is 39.3 cm³/mol. The standard InChI is InChI=1S/C4H8Cl2OS/c1-8(7)3-4(6)2-5/h4H,2-3H2,1H3. The topological polar surface area (TPSA) is 17.1 Å². The maximum atomic E-state index is 10.4. The van der Waals surface area contributed by atoms with E-state index >= 15 is 0 Å². The minimum Gasteiger partial charge on any atom is -0.260 e. The summed E-state index contributed by atoms with van der Waals surface area (Å²) in [7, 11) is -0.812. The van der Waals surface area contributed by atoms with Gasteiger partial charge in [0.2, 0.25) is 0 Å². The van der Waals surface area contributed by atoms with Crippen LogP contribution in [0, 0.1) is 0 Å². The monoisotopic (exact) mass is 174 g/mol. The molecule has 2 atom stereocenters. The molecule has 0 aromatic rings. The molecule has 4 heteroatoms. The lowest BCUT2D eigenvalue weighted by atomic mass is 10.6. The summed E-state index contributed by atoms with van der Waals surface area (Å²) in [4.78, 5) is 0. The van der Waals surface area contributed by atoms with Crippen LogP contribution >= 0.6 is 23.2 Å². The van der Waals surface area contributed by atoms with E-state index in [0.29, 0.717) is 11.6 Å². The van der Waals surface area contributed by atoms with Gasteiger partial charge in [0.25, 0.3) is 0 Å². The smallest absolute Gasteiger partial charge is 0.0586 e. The fourth-order valence-corrected chi connectivity index (χ4v) is 1.70. The van der Waals surface area contributed by atoms with Crippen molar-refractivity contribution in [2.75, 3.05) is 17.9 Å². The lowest BCUT2D eigenvalue weighted by molar-refractivity contribution is 0.686. The van der Waals surface area contributed by atoms with Crippen LogP contribution in [0.2, 0.25) is 0 Å². The van der Waals surface area contributed by atoms with Crippen molar-refractivity contribution in [1.82, 2.24) is 0 Å². The van der Waals surface area contributed by atoms with Crippen LogP contribution in [0.4, 0.5) is 0 Å². The van der Waals surface area contributed by atoms with E-state index < -0.39 is 10.8 Å². The van der Waals surface area contributed by atoms with E-state index in [2.05, 4.69) is 0 Å². The number of hydrogen-bond acceptors (Lipinski definition) is 1. The minimum absolute atomic E-state index is 0.137. The Hall–Kier alpha value is 0.730. The highest BCUT2D eigenvalue weighted by Crippen LogP contribution is 1.99. The van der Waals surface area contributed by atoms with Crippen LogP contribution in [0.5, 0.6) is 0 Å². The van der Waals surface area contributed by atoms with Crippen LogP contribution in [-0.2, 0) is 10.8 Å². The predicted octanol–water partition coefficient (Wildman–Crippen LogP) is 1.21. The summed E-state index contributed by atoms with van der Waals surface area (Å²) in [5.74, 6) is 0.867. The van der Waals surface area contributed by atoms with Gasteiger partial charge in [0.05, 0.1) is 5.38 Å². The second-order valence-corrected chi connectivity index (χ2v) is 3.90. The molecule has 0 aliphatic rings. The summed E-state index contributed by atoms with van der Waals surface area (Å²) in [5.41, 5.74) is 0. The Bertz CT molecular complexity index is 86.1. The Morgan fingerprint density at radius 3 is 2.38 bits per heavy atom. The van der Waals surface area contributed by atoms with E-state index in [-0.39, 0.29) is 5.38 Å². The number of alkyl halides is 2. The van der Waals surface area contributed by atoms with Crippen LogP contribution in [0.15, 0.2) is 0 Å². The van der Waals surface area contributed by atoms with Gasteiger partial charge in [0, 0.05) is 28.7 Å². The lowest BCUT2D eigenvalue weighted by Crippen LogP contribution is -2.10. The van der Waals surface area contributed by atoms with E-state index in [0.717, 1.165) is 0 Å². The highest BCUT2D eigenvalue weighted by atomic mass is 35.5. The first-order valence-corrected chi connectivity index (χ1v) is 4.86. The Balaban J connectivity index is 3.24.